The molecule has 3 N–H and O–H groups in total. The first kappa shape index (κ1) is 27.0. The van der Waals surface area contributed by atoms with Crippen LogP contribution in [-0.2, 0) is 16.6 Å². The van der Waals surface area contributed by atoms with E-state index in [1.165, 1.54) is 6.20 Å². The summed E-state index contributed by atoms with van der Waals surface area (Å²) >= 11 is 0. The van der Waals surface area contributed by atoms with Crippen molar-refractivity contribution in [2.24, 2.45) is 7.05 Å². The molecule has 0 saturated carbocycles. The molecule has 1 fully saturated rings. The lowest BCUT2D eigenvalue weighted by Gasteiger charge is -2.30. The number of piperidine rings is 1. The second kappa shape index (κ2) is 12.5. The van der Waals surface area contributed by atoms with E-state index in [2.05, 4.69) is 35.9 Å². The maximum absolute atomic E-state index is 12.7. The minimum atomic E-state index is -0.321. The summed E-state index contributed by atoms with van der Waals surface area (Å²) in [6.07, 6.45) is 5.62. The smallest absolute Gasteiger partial charge is 0.254 e. The number of carbonyl (C=O) groups excluding carboxylic acids is 2. The fourth-order valence-corrected chi connectivity index (χ4v) is 4.42. The monoisotopic (exact) mass is 522 g/mol. The van der Waals surface area contributed by atoms with Gasteiger partial charge in [0.25, 0.3) is 5.91 Å². The first-order chi connectivity index (χ1) is 18.4. The number of pyridine rings is 1. The van der Waals surface area contributed by atoms with Crippen molar-refractivity contribution in [2.75, 3.05) is 51.5 Å². The van der Waals surface area contributed by atoms with Gasteiger partial charge in [-0.15, -0.1) is 0 Å². The minimum absolute atomic E-state index is 0.147. The molecule has 12 heteroatoms. The number of carbonyl (C=O) groups is 2. The molecule has 1 aliphatic heterocycles. The Balaban J connectivity index is 1.51. The second-order valence-electron chi connectivity index (χ2n) is 9.02. The topological polar surface area (TPSA) is 136 Å². The second-order valence-corrected chi connectivity index (χ2v) is 9.02. The number of anilines is 3. The molecule has 0 bridgehead atoms. The lowest BCUT2D eigenvalue weighted by atomic mass is 10.1. The van der Waals surface area contributed by atoms with Crippen LogP contribution in [0.3, 0.4) is 0 Å². The predicted molar refractivity (Wildman–Crippen MR) is 144 cm³/mol. The highest BCUT2D eigenvalue weighted by atomic mass is 16.5. The highest BCUT2D eigenvalue weighted by Crippen LogP contribution is 2.37. The number of methoxy groups -OCH3 is 2. The summed E-state index contributed by atoms with van der Waals surface area (Å²) < 4.78 is 12.7. The van der Waals surface area contributed by atoms with Gasteiger partial charge in [-0.05, 0) is 25.0 Å². The van der Waals surface area contributed by atoms with Crippen LogP contribution in [0, 0.1) is 0 Å². The molecule has 0 aliphatic carbocycles. The Kier molecular flexibility index (Phi) is 8.87. The third-order valence-corrected chi connectivity index (χ3v) is 6.50. The van der Waals surface area contributed by atoms with Gasteiger partial charge in [0.15, 0.2) is 11.6 Å². The molecule has 0 atom stereocenters. The molecule has 0 unspecified atom stereocenters. The van der Waals surface area contributed by atoms with E-state index in [1.807, 2.05) is 18.2 Å². The van der Waals surface area contributed by atoms with E-state index in [0.29, 0.717) is 59.0 Å². The number of aromatic nitrogens is 4. The largest absolute Gasteiger partial charge is 0.494 e. The van der Waals surface area contributed by atoms with Gasteiger partial charge in [0.1, 0.15) is 12.1 Å². The van der Waals surface area contributed by atoms with Crippen molar-refractivity contribution < 1.29 is 19.1 Å². The normalized spacial score (nSPS) is 14.2. The fourth-order valence-electron chi connectivity index (χ4n) is 4.42. The third-order valence-electron chi connectivity index (χ3n) is 6.50. The molecule has 2 aromatic heterocycles. The van der Waals surface area contributed by atoms with Crippen molar-refractivity contribution in [3.05, 3.63) is 42.4 Å². The van der Waals surface area contributed by atoms with Crippen molar-refractivity contribution in [3.8, 4) is 17.1 Å². The number of nitrogens with one attached hydrogen (secondary N) is 3. The standard InChI is InChI=1S/C26H34N8O4/c1-27-26(36)19-15-28-22(31-23(35)10-13-34-11-8-17(37-3)9-12-34)14-21(19)30-20-7-5-6-18(24(20)38-4)25-29-16-33(2)32-25/h5-7,14-17H,8-13H2,1-4H3,(H,27,36)(H2,28,30,31,35). The number of para-hydroxylation sites is 1. The highest BCUT2D eigenvalue weighted by Gasteiger charge is 2.20. The summed E-state index contributed by atoms with van der Waals surface area (Å²) in [5, 5.41) is 13.1. The first-order valence-electron chi connectivity index (χ1n) is 12.5. The zero-order valence-corrected chi connectivity index (χ0v) is 22.2. The average molecular weight is 523 g/mol. The Morgan fingerprint density at radius 3 is 2.58 bits per heavy atom. The van der Waals surface area contributed by atoms with Gasteiger partial charge in [0.2, 0.25) is 5.91 Å². The van der Waals surface area contributed by atoms with Crippen molar-refractivity contribution in [1.29, 1.82) is 0 Å². The zero-order chi connectivity index (χ0) is 27.1. The molecule has 202 valence electrons. The summed E-state index contributed by atoms with van der Waals surface area (Å²) in [6, 6.07) is 7.16. The van der Waals surface area contributed by atoms with Crippen LogP contribution in [0.1, 0.15) is 29.6 Å². The molecule has 1 aromatic carbocycles. The van der Waals surface area contributed by atoms with Crippen molar-refractivity contribution in [2.45, 2.75) is 25.4 Å². The van der Waals surface area contributed by atoms with Crippen molar-refractivity contribution in [3.63, 3.8) is 0 Å². The molecule has 12 nitrogen and oxygen atoms in total. The van der Waals surface area contributed by atoms with E-state index in [-0.39, 0.29) is 11.8 Å². The number of aryl methyl sites for hydroxylation is 1. The van der Waals surface area contributed by atoms with E-state index in [0.717, 1.165) is 25.9 Å². The maximum atomic E-state index is 12.7. The van der Waals surface area contributed by atoms with Crippen LogP contribution in [0.25, 0.3) is 11.4 Å². The van der Waals surface area contributed by atoms with E-state index in [4.69, 9.17) is 9.47 Å². The maximum Gasteiger partial charge on any atom is 0.254 e. The Labute approximate surface area is 221 Å². The van der Waals surface area contributed by atoms with Gasteiger partial charge in [0, 0.05) is 59.5 Å². The fraction of sp³-hybridized carbons (Fsp3) is 0.423. The number of amides is 2. The molecular formula is C26H34N8O4. The Morgan fingerprint density at radius 1 is 1.13 bits per heavy atom. The van der Waals surface area contributed by atoms with Crippen LogP contribution in [0.4, 0.5) is 17.2 Å². The van der Waals surface area contributed by atoms with E-state index < -0.39 is 0 Å². The quantitative estimate of drug-likeness (QED) is 0.367. The molecule has 38 heavy (non-hydrogen) atoms. The van der Waals surface area contributed by atoms with Gasteiger partial charge in [-0.3, -0.25) is 14.3 Å². The van der Waals surface area contributed by atoms with Gasteiger partial charge in [-0.25, -0.2) is 9.97 Å². The number of hydrogen-bond acceptors (Lipinski definition) is 9. The predicted octanol–water partition coefficient (Wildman–Crippen LogP) is 2.43. The third kappa shape index (κ3) is 6.45. The van der Waals surface area contributed by atoms with Crippen molar-refractivity contribution in [1.82, 2.24) is 30.0 Å². The first-order valence-corrected chi connectivity index (χ1v) is 12.5. The lowest BCUT2D eigenvalue weighted by molar-refractivity contribution is -0.116. The lowest BCUT2D eigenvalue weighted by Crippen LogP contribution is -2.38. The van der Waals surface area contributed by atoms with Crippen LogP contribution < -0.4 is 20.7 Å². The van der Waals surface area contributed by atoms with Crippen LogP contribution in [0.15, 0.2) is 36.8 Å². The van der Waals surface area contributed by atoms with Gasteiger partial charge in [0.05, 0.1) is 35.7 Å². The van der Waals surface area contributed by atoms with E-state index >= 15 is 0 Å². The van der Waals surface area contributed by atoms with Gasteiger partial charge in [-0.2, -0.15) is 5.10 Å². The molecule has 3 heterocycles. The molecule has 0 radical (unpaired) electrons. The molecule has 3 aromatic rings. The van der Waals surface area contributed by atoms with Gasteiger partial charge in [-0.1, -0.05) is 6.07 Å². The average Bonchev–Trinajstić information content (AvgIpc) is 3.37. The van der Waals surface area contributed by atoms with E-state index in [1.54, 1.807) is 45.4 Å². The van der Waals surface area contributed by atoms with Crippen molar-refractivity contribution >= 4 is 29.0 Å². The van der Waals surface area contributed by atoms with Gasteiger partial charge >= 0.3 is 0 Å². The number of likely N-dealkylation sites (tertiary alicyclic amines) is 1. The summed E-state index contributed by atoms with van der Waals surface area (Å²) in [5.74, 6) is 0.893. The number of ether oxygens (including phenoxy) is 2. The molecule has 2 amide bonds. The van der Waals surface area contributed by atoms with Crippen LogP contribution in [-0.4, -0.2) is 83.5 Å². The SMILES string of the molecule is CNC(=O)c1cnc(NC(=O)CCN2CCC(OC)CC2)cc1Nc1cccc(-c2ncn(C)n2)c1OC. The molecule has 1 saturated heterocycles. The summed E-state index contributed by atoms with van der Waals surface area (Å²) in [5.41, 5.74) is 2.07. The number of hydrogen-bond donors (Lipinski definition) is 3. The van der Waals surface area contributed by atoms with Crippen LogP contribution in [0.5, 0.6) is 5.75 Å². The molecule has 1 aliphatic rings. The minimum Gasteiger partial charge on any atom is -0.494 e. The Morgan fingerprint density at radius 2 is 1.92 bits per heavy atom. The Bertz CT molecular complexity index is 1270. The summed E-state index contributed by atoms with van der Waals surface area (Å²) in [6.45, 7) is 2.48. The zero-order valence-electron chi connectivity index (χ0n) is 22.2. The van der Waals surface area contributed by atoms with E-state index in [9.17, 15) is 9.59 Å². The van der Waals surface area contributed by atoms with Gasteiger partial charge < -0.3 is 30.3 Å². The number of benzene rings is 1. The van der Waals surface area contributed by atoms with Crippen LogP contribution >= 0.6 is 0 Å². The summed E-state index contributed by atoms with van der Waals surface area (Å²) in [4.78, 5) is 36.1. The molecule has 4 rings (SSSR count). The summed E-state index contributed by atoms with van der Waals surface area (Å²) in [7, 11) is 6.63. The number of rotatable bonds is 10. The molecule has 0 spiro atoms. The highest BCUT2D eigenvalue weighted by molar-refractivity contribution is 6.01. The Hall–Kier alpha value is -4.03. The molecular weight excluding hydrogens is 488 g/mol. The van der Waals surface area contributed by atoms with Crippen LogP contribution in [0.2, 0.25) is 0 Å². The number of nitrogens with zero attached hydrogens (tertiary/aromatic N) is 5.